The first-order valence-corrected chi connectivity index (χ1v) is 7.14. The number of ether oxygens (including phenoxy) is 1. The highest BCUT2D eigenvalue weighted by Gasteiger charge is 2.04. The van der Waals surface area contributed by atoms with Crippen molar-refractivity contribution in [3.05, 3.63) is 29.3 Å². The lowest BCUT2D eigenvalue weighted by atomic mass is 10.1. The molecule has 2 N–H and O–H groups in total. The summed E-state index contributed by atoms with van der Waals surface area (Å²) in [5, 5.41) is 6.63. The number of rotatable bonds is 6. The van der Waals surface area contributed by atoms with E-state index in [4.69, 9.17) is 4.74 Å². The highest BCUT2D eigenvalue weighted by molar-refractivity contribution is 14.0. The topological polar surface area (TPSA) is 45.7 Å². The monoisotopic (exact) mass is 405 g/mol. The van der Waals surface area contributed by atoms with Crippen LogP contribution in [0.3, 0.4) is 0 Å². The lowest BCUT2D eigenvalue weighted by Crippen LogP contribution is -2.37. The maximum absolute atomic E-state index is 5.40. The van der Waals surface area contributed by atoms with Crippen LogP contribution in [0.5, 0.6) is 5.75 Å². The lowest BCUT2D eigenvalue weighted by molar-refractivity contribution is 0.408. The number of hydrogen-bond acceptors (Lipinski definition) is 2. The number of hydrogen-bond donors (Lipinski definition) is 2. The molecule has 1 aromatic rings. The summed E-state index contributed by atoms with van der Waals surface area (Å²) in [6.07, 6.45) is 1.13. The highest BCUT2D eigenvalue weighted by atomic mass is 127. The van der Waals surface area contributed by atoms with E-state index in [0.29, 0.717) is 12.5 Å². The van der Waals surface area contributed by atoms with E-state index in [1.807, 2.05) is 6.07 Å². The minimum absolute atomic E-state index is 0. The Morgan fingerprint density at radius 3 is 2.57 bits per heavy atom. The van der Waals surface area contributed by atoms with Crippen molar-refractivity contribution in [3.63, 3.8) is 0 Å². The van der Waals surface area contributed by atoms with Gasteiger partial charge in [-0.2, -0.15) is 0 Å². The second-order valence-electron chi connectivity index (χ2n) is 5.35. The van der Waals surface area contributed by atoms with Crippen molar-refractivity contribution in [1.82, 2.24) is 10.6 Å². The number of aryl methyl sites for hydroxylation is 1. The van der Waals surface area contributed by atoms with Crippen molar-refractivity contribution in [1.29, 1.82) is 0 Å². The standard InChI is InChI=1S/C16H27N3O.HI/c1-12(2)8-9-18-16(17-4)19-11-14-7-6-13(3)10-15(14)20-5;/h6-7,10,12H,8-9,11H2,1-5H3,(H2,17,18,19);1H. The molecular weight excluding hydrogens is 377 g/mol. The molecule has 0 aromatic heterocycles. The van der Waals surface area contributed by atoms with Crippen molar-refractivity contribution >= 4 is 29.9 Å². The molecule has 0 saturated carbocycles. The number of nitrogens with one attached hydrogen (secondary N) is 2. The molecular formula is C16H28IN3O. The smallest absolute Gasteiger partial charge is 0.191 e. The molecule has 0 aliphatic heterocycles. The van der Waals surface area contributed by atoms with Gasteiger partial charge >= 0.3 is 0 Å². The lowest BCUT2D eigenvalue weighted by Gasteiger charge is -2.14. The molecule has 0 bridgehead atoms. The van der Waals surface area contributed by atoms with Crippen molar-refractivity contribution in [3.8, 4) is 5.75 Å². The number of benzene rings is 1. The molecule has 120 valence electrons. The molecule has 0 spiro atoms. The normalized spacial score (nSPS) is 11.0. The van der Waals surface area contributed by atoms with Gasteiger partial charge in [0.15, 0.2) is 5.96 Å². The van der Waals surface area contributed by atoms with Crippen LogP contribution in [0.4, 0.5) is 0 Å². The van der Waals surface area contributed by atoms with Crippen LogP contribution in [0.2, 0.25) is 0 Å². The molecule has 21 heavy (non-hydrogen) atoms. The first-order chi connectivity index (χ1) is 9.56. The van der Waals surface area contributed by atoms with Gasteiger partial charge in [-0.05, 0) is 30.9 Å². The van der Waals surface area contributed by atoms with Gasteiger partial charge < -0.3 is 15.4 Å². The third kappa shape index (κ3) is 7.55. The van der Waals surface area contributed by atoms with E-state index in [2.05, 4.69) is 48.5 Å². The average Bonchev–Trinajstić information content (AvgIpc) is 2.43. The summed E-state index contributed by atoms with van der Waals surface area (Å²) in [5.41, 5.74) is 2.33. The van der Waals surface area contributed by atoms with E-state index in [1.54, 1.807) is 14.2 Å². The number of methoxy groups -OCH3 is 1. The van der Waals surface area contributed by atoms with E-state index < -0.39 is 0 Å². The zero-order chi connectivity index (χ0) is 15.0. The third-order valence-electron chi connectivity index (χ3n) is 3.13. The summed E-state index contributed by atoms with van der Waals surface area (Å²) in [7, 11) is 3.49. The Labute approximate surface area is 145 Å². The van der Waals surface area contributed by atoms with Crippen LogP contribution in [0.25, 0.3) is 0 Å². The third-order valence-corrected chi connectivity index (χ3v) is 3.13. The van der Waals surface area contributed by atoms with E-state index in [0.717, 1.165) is 30.2 Å². The van der Waals surface area contributed by atoms with Gasteiger partial charge in [0, 0.05) is 25.7 Å². The molecule has 0 aliphatic carbocycles. The molecule has 0 saturated heterocycles. The summed E-state index contributed by atoms with van der Waals surface area (Å²) in [6.45, 7) is 8.13. The minimum Gasteiger partial charge on any atom is -0.496 e. The van der Waals surface area contributed by atoms with Gasteiger partial charge in [-0.3, -0.25) is 4.99 Å². The molecule has 5 heteroatoms. The van der Waals surface area contributed by atoms with Gasteiger partial charge in [0.05, 0.1) is 7.11 Å². The van der Waals surface area contributed by atoms with E-state index >= 15 is 0 Å². The first kappa shape index (κ1) is 20.0. The highest BCUT2D eigenvalue weighted by Crippen LogP contribution is 2.19. The zero-order valence-corrected chi connectivity index (χ0v) is 16.0. The molecule has 1 aromatic carbocycles. The van der Waals surface area contributed by atoms with E-state index in [1.165, 1.54) is 5.56 Å². The van der Waals surface area contributed by atoms with Crippen molar-refractivity contribution in [2.24, 2.45) is 10.9 Å². The molecule has 0 unspecified atom stereocenters. The molecule has 0 radical (unpaired) electrons. The van der Waals surface area contributed by atoms with Crippen LogP contribution in [0.1, 0.15) is 31.4 Å². The quantitative estimate of drug-likeness (QED) is 0.434. The second-order valence-corrected chi connectivity index (χ2v) is 5.35. The Kier molecular flexibility index (Phi) is 10.2. The number of halogens is 1. The maximum atomic E-state index is 5.40. The molecule has 4 nitrogen and oxygen atoms in total. The van der Waals surface area contributed by atoms with Crippen LogP contribution in [-0.2, 0) is 6.54 Å². The number of nitrogens with zero attached hydrogens (tertiary/aromatic N) is 1. The zero-order valence-electron chi connectivity index (χ0n) is 13.7. The largest absolute Gasteiger partial charge is 0.496 e. The van der Waals surface area contributed by atoms with Gasteiger partial charge in [0.1, 0.15) is 5.75 Å². The molecule has 0 atom stereocenters. The SMILES string of the molecule is CN=C(NCCC(C)C)NCc1ccc(C)cc1OC.I. The van der Waals surface area contributed by atoms with Crippen LogP contribution in [0.15, 0.2) is 23.2 Å². The van der Waals surface area contributed by atoms with Crippen LogP contribution < -0.4 is 15.4 Å². The summed E-state index contributed by atoms with van der Waals surface area (Å²) in [6, 6.07) is 6.23. The minimum atomic E-state index is 0. The molecule has 0 heterocycles. The van der Waals surface area contributed by atoms with Gasteiger partial charge in [-0.1, -0.05) is 26.0 Å². The molecule has 1 rings (SSSR count). The summed E-state index contributed by atoms with van der Waals surface area (Å²) in [5.74, 6) is 2.43. The van der Waals surface area contributed by atoms with Crippen LogP contribution in [-0.4, -0.2) is 26.7 Å². The number of guanidine groups is 1. The average molecular weight is 405 g/mol. The predicted molar refractivity (Wildman–Crippen MR) is 101 cm³/mol. The van der Waals surface area contributed by atoms with Gasteiger partial charge in [-0.25, -0.2) is 0 Å². The van der Waals surface area contributed by atoms with Crippen LogP contribution in [0, 0.1) is 12.8 Å². The summed E-state index contributed by atoms with van der Waals surface area (Å²) in [4.78, 5) is 4.23. The fraction of sp³-hybridized carbons (Fsp3) is 0.562. The fourth-order valence-electron chi connectivity index (χ4n) is 1.88. The fourth-order valence-corrected chi connectivity index (χ4v) is 1.88. The van der Waals surface area contributed by atoms with E-state index in [9.17, 15) is 0 Å². The van der Waals surface area contributed by atoms with Crippen molar-refractivity contribution in [2.75, 3.05) is 20.7 Å². The van der Waals surface area contributed by atoms with E-state index in [-0.39, 0.29) is 24.0 Å². The van der Waals surface area contributed by atoms with Gasteiger partial charge in [0.2, 0.25) is 0 Å². The van der Waals surface area contributed by atoms with Gasteiger partial charge in [-0.15, -0.1) is 24.0 Å². The molecule has 0 aliphatic rings. The Morgan fingerprint density at radius 2 is 2.00 bits per heavy atom. The second kappa shape index (κ2) is 10.7. The first-order valence-electron chi connectivity index (χ1n) is 7.14. The number of aliphatic imine (C=N–C) groups is 1. The molecule has 0 amide bonds. The Morgan fingerprint density at radius 1 is 1.29 bits per heavy atom. The molecule has 0 fully saturated rings. The Balaban J connectivity index is 0.00000400. The van der Waals surface area contributed by atoms with Crippen molar-refractivity contribution < 1.29 is 4.74 Å². The van der Waals surface area contributed by atoms with Crippen molar-refractivity contribution in [2.45, 2.75) is 33.7 Å². The summed E-state index contributed by atoms with van der Waals surface area (Å²) >= 11 is 0. The van der Waals surface area contributed by atoms with Gasteiger partial charge in [0.25, 0.3) is 0 Å². The maximum Gasteiger partial charge on any atom is 0.191 e. The summed E-state index contributed by atoms with van der Waals surface area (Å²) < 4.78 is 5.40. The Hall–Kier alpha value is -0.980. The predicted octanol–water partition coefficient (Wildman–Crippen LogP) is 3.33. The van der Waals surface area contributed by atoms with Crippen LogP contribution >= 0.6 is 24.0 Å². The Bertz CT molecular complexity index is 447.